The topological polar surface area (TPSA) is 70.2 Å². The van der Waals surface area contributed by atoms with Gasteiger partial charge in [0.15, 0.2) is 0 Å². The zero-order chi connectivity index (χ0) is 15.4. The monoisotopic (exact) mass is 293 g/mol. The predicted molar refractivity (Wildman–Crippen MR) is 74.9 cm³/mol. The second-order valence-corrected chi connectivity index (χ2v) is 4.66. The zero-order valence-electron chi connectivity index (χ0n) is 11.9. The molecule has 0 atom stereocenters. The Morgan fingerprint density at radius 3 is 2.57 bits per heavy atom. The second kappa shape index (κ2) is 6.34. The van der Waals surface area contributed by atoms with E-state index in [0.717, 1.165) is 0 Å². The Morgan fingerprint density at radius 2 is 2.00 bits per heavy atom. The molecule has 0 bridgehead atoms. The van der Waals surface area contributed by atoms with Gasteiger partial charge in [-0.3, -0.25) is 14.8 Å². The lowest BCUT2D eigenvalue weighted by Crippen LogP contribution is -2.07. The number of rotatable bonds is 6. The van der Waals surface area contributed by atoms with Gasteiger partial charge in [0.05, 0.1) is 11.5 Å². The highest BCUT2D eigenvalue weighted by atomic mass is 19.1. The predicted octanol–water partition coefficient (Wildman–Crippen LogP) is 3.02. The summed E-state index contributed by atoms with van der Waals surface area (Å²) in [4.78, 5) is 10.5. The molecule has 21 heavy (non-hydrogen) atoms. The van der Waals surface area contributed by atoms with Crippen LogP contribution in [0.5, 0.6) is 5.75 Å². The standard InChI is InChI=1S/C14H16FN3O3/c1-10-14(18(19)20)11(2)17(16-10)8-3-9-21-13-6-4-12(15)5-7-13/h4-7H,3,8-9H2,1-2H3. The van der Waals surface area contributed by atoms with Crippen molar-refractivity contribution < 1.29 is 14.1 Å². The summed E-state index contributed by atoms with van der Waals surface area (Å²) in [6.45, 7) is 4.26. The summed E-state index contributed by atoms with van der Waals surface area (Å²) in [7, 11) is 0. The summed E-state index contributed by atoms with van der Waals surface area (Å²) in [5.41, 5.74) is 1.02. The van der Waals surface area contributed by atoms with E-state index in [-0.39, 0.29) is 11.5 Å². The molecule has 1 aromatic carbocycles. The van der Waals surface area contributed by atoms with Crippen LogP contribution in [0.4, 0.5) is 10.1 Å². The molecule has 0 radical (unpaired) electrons. The van der Waals surface area contributed by atoms with E-state index in [4.69, 9.17) is 4.74 Å². The van der Waals surface area contributed by atoms with Gasteiger partial charge in [0, 0.05) is 13.0 Å². The van der Waals surface area contributed by atoms with E-state index in [1.807, 2.05) is 0 Å². The van der Waals surface area contributed by atoms with E-state index < -0.39 is 4.92 Å². The maximum Gasteiger partial charge on any atom is 0.312 e. The highest BCUT2D eigenvalue weighted by Crippen LogP contribution is 2.21. The van der Waals surface area contributed by atoms with Crippen LogP contribution in [0.3, 0.4) is 0 Å². The lowest BCUT2D eigenvalue weighted by molar-refractivity contribution is -0.386. The molecule has 0 N–H and O–H groups in total. The molecule has 2 rings (SSSR count). The summed E-state index contributed by atoms with van der Waals surface area (Å²) >= 11 is 0. The van der Waals surface area contributed by atoms with Crippen molar-refractivity contribution >= 4 is 5.69 Å². The van der Waals surface area contributed by atoms with Crippen LogP contribution in [0, 0.1) is 29.8 Å². The summed E-state index contributed by atoms with van der Waals surface area (Å²) in [6.07, 6.45) is 0.649. The zero-order valence-corrected chi connectivity index (χ0v) is 11.9. The quantitative estimate of drug-likeness (QED) is 0.466. The van der Waals surface area contributed by atoms with Crippen molar-refractivity contribution in [3.05, 3.63) is 51.6 Å². The van der Waals surface area contributed by atoms with Gasteiger partial charge in [0.1, 0.15) is 23.0 Å². The van der Waals surface area contributed by atoms with Crippen LogP contribution in [-0.2, 0) is 6.54 Å². The number of halogens is 1. The van der Waals surface area contributed by atoms with Crippen LogP contribution < -0.4 is 4.74 Å². The number of nitro groups is 1. The van der Waals surface area contributed by atoms with Crippen molar-refractivity contribution in [2.24, 2.45) is 0 Å². The third-order valence-corrected chi connectivity index (χ3v) is 3.12. The maximum atomic E-state index is 12.7. The van der Waals surface area contributed by atoms with Crippen LogP contribution >= 0.6 is 0 Å². The number of ether oxygens (including phenoxy) is 1. The van der Waals surface area contributed by atoms with Gasteiger partial charge in [-0.2, -0.15) is 5.10 Å². The molecule has 0 saturated heterocycles. The van der Waals surface area contributed by atoms with Crippen LogP contribution in [0.25, 0.3) is 0 Å². The molecule has 6 nitrogen and oxygen atoms in total. The number of aryl methyl sites for hydroxylation is 2. The summed E-state index contributed by atoms with van der Waals surface area (Å²) in [5, 5.41) is 15.1. The van der Waals surface area contributed by atoms with Crippen molar-refractivity contribution in [2.45, 2.75) is 26.8 Å². The Labute approximate surface area is 121 Å². The third-order valence-electron chi connectivity index (χ3n) is 3.12. The lowest BCUT2D eigenvalue weighted by atomic mass is 10.3. The van der Waals surface area contributed by atoms with E-state index in [0.29, 0.717) is 36.7 Å². The number of benzene rings is 1. The Kier molecular flexibility index (Phi) is 4.52. The van der Waals surface area contributed by atoms with E-state index in [1.54, 1.807) is 30.7 Å². The molecule has 0 fully saturated rings. The summed E-state index contributed by atoms with van der Waals surface area (Å²) in [6, 6.07) is 5.78. The highest BCUT2D eigenvalue weighted by Gasteiger charge is 2.21. The number of hydrogen-bond acceptors (Lipinski definition) is 4. The van der Waals surface area contributed by atoms with Gasteiger partial charge in [-0.1, -0.05) is 0 Å². The van der Waals surface area contributed by atoms with E-state index >= 15 is 0 Å². The third kappa shape index (κ3) is 3.56. The minimum Gasteiger partial charge on any atom is -0.494 e. The Hall–Kier alpha value is -2.44. The Balaban J connectivity index is 1.88. The fourth-order valence-corrected chi connectivity index (χ4v) is 2.10. The highest BCUT2D eigenvalue weighted by molar-refractivity contribution is 5.39. The average molecular weight is 293 g/mol. The molecule has 0 aliphatic carbocycles. The van der Waals surface area contributed by atoms with Crippen molar-refractivity contribution in [3.8, 4) is 5.75 Å². The first-order valence-corrected chi connectivity index (χ1v) is 6.56. The molecular weight excluding hydrogens is 277 g/mol. The number of hydrogen-bond donors (Lipinski definition) is 0. The summed E-state index contributed by atoms with van der Waals surface area (Å²) < 4.78 is 19.8. The number of nitrogens with zero attached hydrogens (tertiary/aromatic N) is 3. The van der Waals surface area contributed by atoms with E-state index in [9.17, 15) is 14.5 Å². The fraction of sp³-hybridized carbons (Fsp3) is 0.357. The number of aromatic nitrogens is 2. The largest absolute Gasteiger partial charge is 0.494 e. The normalized spacial score (nSPS) is 10.6. The van der Waals surface area contributed by atoms with Gasteiger partial charge < -0.3 is 4.74 Å². The first-order chi connectivity index (χ1) is 9.99. The second-order valence-electron chi connectivity index (χ2n) is 4.66. The SMILES string of the molecule is Cc1nn(CCCOc2ccc(F)cc2)c(C)c1[N+](=O)[O-]. The molecule has 1 aromatic heterocycles. The lowest BCUT2D eigenvalue weighted by Gasteiger charge is -2.07. The van der Waals surface area contributed by atoms with Gasteiger partial charge >= 0.3 is 5.69 Å². The van der Waals surface area contributed by atoms with Gasteiger partial charge in [-0.15, -0.1) is 0 Å². The molecule has 0 spiro atoms. The van der Waals surface area contributed by atoms with Gasteiger partial charge in [-0.05, 0) is 38.1 Å². The molecule has 1 heterocycles. The molecule has 0 amide bonds. The van der Waals surface area contributed by atoms with Crippen LogP contribution in [0.2, 0.25) is 0 Å². The summed E-state index contributed by atoms with van der Waals surface area (Å²) in [5.74, 6) is 0.285. The molecular formula is C14H16FN3O3. The molecule has 0 aliphatic heterocycles. The maximum absolute atomic E-state index is 12.7. The van der Waals surface area contributed by atoms with Gasteiger partial charge in [0.2, 0.25) is 0 Å². The van der Waals surface area contributed by atoms with E-state index in [2.05, 4.69) is 5.10 Å². The average Bonchev–Trinajstić information content (AvgIpc) is 2.71. The Morgan fingerprint density at radius 1 is 1.33 bits per heavy atom. The molecule has 2 aromatic rings. The van der Waals surface area contributed by atoms with Crippen molar-refractivity contribution in [1.82, 2.24) is 9.78 Å². The Bertz CT molecular complexity index is 638. The van der Waals surface area contributed by atoms with Crippen molar-refractivity contribution in [2.75, 3.05) is 6.61 Å². The molecule has 7 heteroatoms. The molecule has 0 unspecified atom stereocenters. The van der Waals surface area contributed by atoms with Crippen molar-refractivity contribution in [3.63, 3.8) is 0 Å². The minimum absolute atomic E-state index is 0.0643. The van der Waals surface area contributed by atoms with Crippen molar-refractivity contribution in [1.29, 1.82) is 0 Å². The molecule has 0 aliphatic rings. The fourth-order valence-electron chi connectivity index (χ4n) is 2.10. The first kappa shape index (κ1) is 15.0. The molecule has 112 valence electrons. The van der Waals surface area contributed by atoms with Gasteiger partial charge in [0.25, 0.3) is 0 Å². The van der Waals surface area contributed by atoms with Gasteiger partial charge in [-0.25, -0.2) is 4.39 Å². The van der Waals surface area contributed by atoms with Crippen LogP contribution in [0.1, 0.15) is 17.8 Å². The first-order valence-electron chi connectivity index (χ1n) is 6.56. The van der Waals surface area contributed by atoms with Crippen LogP contribution in [0.15, 0.2) is 24.3 Å². The minimum atomic E-state index is -0.414. The molecule has 0 saturated carbocycles. The van der Waals surface area contributed by atoms with Crippen LogP contribution in [-0.4, -0.2) is 21.3 Å². The smallest absolute Gasteiger partial charge is 0.312 e. The van der Waals surface area contributed by atoms with E-state index in [1.165, 1.54) is 12.1 Å².